The van der Waals surface area contributed by atoms with Crippen molar-refractivity contribution in [3.05, 3.63) is 77.7 Å². The number of benzene rings is 3. The lowest BCUT2D eigenvalue weighted by molar-refractivity contribution is -0.115. The Bertz CT molecular complexity index is 1460. The van der Waals surface area contributed by atoms with E-state index >= 15 is 0 Å². The molecule has 8 nitrogen and oxygen atoms in total. The highest BCUT2D eigenvalue weighted by Gasteiger charge is 2.20. The second-order valence-corrected chi connectivity index (χ2v) is 10.4. The van der Waals surface area contributed by atoms with Gasteiger partial charge in [-0.25, -0.2) is 0 Å². The minimum absolute atomic E-state index is 0.0909. The first-order chi connectivity index (χ1) is 19.4. The van der Waals surface area contributed by atoms with Gasteiger partial charge in [-0.15, -0.1) is 0 Å². The molecular formula is C32H36N4O4. The van der Waals surface area contributed by atoms with Crippen molar-refractivity contribution >= 4 is 11.6 Å². The van der Waals surface area contributed by atoms with Crippen LogP contribution in [0.1, 0.15) is 36.3 Å². The van der Waals surface area contributed by atoms with E-state index in [1.54, 1.807) is 14.0 Å². The molecule has 0 saturated carbocycles. The van der Waals surface area contributed by atoms with Crippen LogP contribution in [0.25, 0.3) is 22.5 Å². The lowest BCUT2D eigenvalue weighted by Gasteiger charge is -2.32. The number of methoxy groups -OCH3 is 1. The summed E-state index contributed by atoms with van der Waals surface area (Å²) >= 11 is 0. The minimum Gasteiger partial charge on any atom is -0.493 e. The Morgan fingerprint density at radius 3 is 2.52 bits per heavy atom. The third-order valence-corrected chi connectivity index (χ3v) is 7.44. The van der Waals surface area contributed by atoms with Crippen LogP contribution >= 0.6 is 0 Å². The first-order valence-corrected chi connectivity index (χ1v) is 13.7. The topological polar surface area (TPSA) is 89.7 Å². The number of nitrogens with zero attached hydrogens (tertiary/aromatic N) is 3. The van der Waals surface area contributed by atoms with Crippen LogP contribution < -0.4 is 14.8 Å². The third-order valence-electron chi connectivity index (χ3n) is 7.44. The second kappa shape index (κ2) is 12.3. The number of ether oxygens (including phenoxy) is 2. The average Bonchev–Trinajstić information content (AvgIpc) is 3.39. The van der Waals surface area contributed by atoms with Crippen molar-refractivity contribution in [3.8, 4) is 34.0 Å². The Hall–Kier alpha value is -4.17. The van der Waals surface area contributed by atoms with Crippen LogP contribution in [0.3, 0.4) is 0 Å². The number of amides is 1. The van der Waals surface area contributed by atoms with Crippen LogP contribution in [-0.2, 0) is 11.2 Å². The van der Waals surface area contributed by atoms with Crippen LogP contribution in [0.2, 0.25) is 0 Å². The highest BCUT2D eigenvalue weighted by Crippen LogP contribution is 2.32. The Balaban J connectivity index is 1.20. The largest absolute Gasteiger partial charge is 0.493 e. The van der Waals surface area contributed by atoms with E-state index in [1.807, 2.05) is 48.5 Å². The van der Waals surface area contributed by atoms with Crippen molar-refractivity contribution in [2.45, 2.75) is 45.6 Å². The van der Waals surface area contributed by atoms with Crippen molar-refractivity contribution in [1.29, 1.82) is 0 Å². The number of carbonyl (C=O) groups is 1. The molecule has 0 aliphatic carbocycles. The summed E-state index contributed by atoms with van der Waals surface area (Å²) in [7, 11) is 3.77. The molecule has 1 amide bonds. The van der Waals surface area contributed by atoms with E-state index in [-0.39, 0.29) is 12.3 Å². The smallest absolute Gasteiger partial charge is 0.228 e. The molecule has 1 saturated heterocycles. The second-order valence-electron chi connectivity index (χ2n) is 10.4. The average molecular weight is 541 g/mol. The summed E-state index contributed by atoms with van der Waals surface area (Å²) in [6.07, 6.45) is 3.85. The van der Waals surface area contributed by atoms with Gasteiger partial charge in [0.25, 0.3) is 0 Å². The monoisotopic (exact) mass is 540 g/mol. The fourth-order valence-corrected chi connectivity index (χ4v) is 5.14. The van der Waals surface area contributed by atoms with E-state index in [2.05, 4.69) is 46.5 Å². The molecule has 1 atom stereocenters. The molecule has 8 heteroatoms. The number of nitrogens with one attached hydrogen (secondary N) is 1. The van der Waals surface area contributed by atoms with Gasteiger partial charge in [0.2, 0.25) is 17.6 Å². The van der Waals surface area contributed by atoms with Gasteiger partial charge in [-0.1, -0.05) is 48.0 Å². The number of rotatable bonds is 9. The van der Waals surface area contributed by atoms with Crippen molar-refractivity contribution in [2.24, 2.45) is 0 Å². The Morgan fingerprint density at radius 1 is 1.02 bits per heavy atom. The van der Waals surface area contributed by atoms with Gasteiger partial charge < -0.3 is 24.2 Å². The molecule has 1 aromatic heterocycles. The number of anilines is 1. The lowest BCUT2D eigenvalue weighted by atomic mass is 9.97. The minimum atomic E-state index is -0.0909. The zero-order valence-corrected chi connectivity index (χ0v) is 23.6. The number of aromatic nitrogens is 2. The number of aryl methyl sites for hydroxylation is 2. The van der Waals surface area contributed by atoms with Gasteiger partial charge in [0.1, 0.15) is 6.61 Å². The summed E-state index contributed by atoms with van der Waals surface area (Å²) in [5.41, 5.74) is 5.84. The molecule has 1 fully saturated rings. The molecule has 0 radical (unpaired) electrons. The molecular weight excluding hydrogens is 504 g/mol. The number of likely N-dealkylation sites (N-methyl/N-ethyl adjacent to an activating group) is 1. The summed E-state index contributed by atoms with van der Waals surface area (Å²) in [6.45, 7) is 5.53. The van der Waals surface area contributed by atoms with Gasteiger partial charge in [-0.05, 0) is 73.8 Å². The fourth-order valence-electron chi connectivity index (χ4n) is 5.14. The van der Waals surface area contributed by atoms with E-state index < -0.39 is 0 Å². The van der Waals surface area contributed by atoms with E-state index in [0.717, 1.165) is 40.8 Å². The summed E-state index contributed by atoms with van der Waals surface area (Å²) in [6, 6.07) is 20.1. The maximum atomic E-state index is 12.9. The lowest BCUT2D eigenvalue weighted by Crippen LogP contribution is -2.40. The molecule has 5 rings (SSSR count). The standard InChI is InChI=1S/C32H36N4O4/c1-21-17-25(32-33-22(2)40-35-32)12-14-28(21)24-10-8-23(9-11-24)18-31(37)34-26-13-15-29(38-4)30(19-26)39-20-27-7-5-6-16-36(27)3/h8-15,17,19,27H,5-7,16,18,20H2,1-4H3,(H,34,37). The van der Waals surface area contributed by atoms with Crippen LogP contribution in [-0.4, -0.2) is 54.3 Å². The molecule has 4 aromatic rings. The number of likely N-dealkylation sites (tertiary alicyclic amines) is 1. The maximum absolute atomic E-state index is 12.9. The zero-order chi connectivity index (χ0) is 28.1. The van der Waals surface area contributed by atoms with E-state index in [0.29, 0.717) is 41.6 Å². The van der Waals surface area contributed by atoms with Gasteiger partial charge in [-0.2, -0.15) is 4.98 Å². The van der Waals surface area contributed by atoms with Gasteiger partial charge in [0.15, 0.2) is 11.5 Å². The van der Waals surface area contributed by atoms with E-state index in [4.69, 9.17) is 14.0 Å². The zero-order valence-electron chi connectivity index (χ0n) is 23.6. The van der Waals surface area contributed by atoms with Crippen molar-refractivity contribution in [1.82, 2.24) is 15.0 Å². The Labute approximate surface area is 235 Å². The quantitative estimate of drug-likeness (QED) is 0.275. The molecule has 1 N–H and O–H groups in total. The summed E-state index contributed by atoms with van der Waals surface area (Å²) < 4.78 is 16.7. The maximum Gasteiger partial charge on any atom is 0.228 e. The molecule has 3 aromatic carbocycles. The van der Waals surface area contributed by atoms with Crippen LogP contribution in [0, 0.1) is 13.8 Å². The van der Waals surface area contributed by atoms with Gasteiger partial charge in [0, 0.05) is 30.3 Å². The van der Waals surface area contributed by atoms with Crippen LogP contribution in [0.15, 0.2) is 65.2 Å². The molecule has 1 aliphatic heterocycles. The Kier molecular flexibility index (Phi) is 8.45. The number of carbonyl (C=O) groups excluding carboxylic acids is 1. The Morgan fingerprint density at radius 2 is 1.82 bits per heavy atom. The van der Waals surface area contributed by atoms with Crippen molar-refractivity contribution in [3.63, 3.8) is 0 Å². The highest BCUT2D eigenvalue weighted by molar-refractivity contribution is 5.92. The van der Waals surface area contributed by atoms with Gasteiger partial charge >= 0.3 is 0 Å². The summed E-state index contributed by atoms with van der Waals surface area (Å²) in [4.78, 5) is 19.5. The molecule has 0 bridgehead atoms. The molecule has 40 heavy (non-hydrogen) atoms. The SMILES string of the molecule is COc1ccc(NC(=O)Cc2ccc(-c3ccc(-c4noc(C)n4)cc3C)cc2)cc1OCC1CCCCN1C. The summed E-state index contributed by atoms with van der Waals surface area (Å²) in [5, 5.41) is 7.01. The number of piperidine rings is 1. The van der Waals surface area contributed by atoms with Crippen molar-refractivity contribution in [2.75, 3.05) is 32.6 Å². The first kappa shape index (κ1) is 27.4. The molecule has 0 spiro atoms. The number of hydrogen-bond acceptors (Lipinski definition) is 7. The van der Waals surface area contributed by atoms with E-state index in [1.165, 1.54) is 12.8 Å². The van der Waals surface area contributed by atoms with Crippen LogP contribution in [0.5, 0.6) is 11.5 Å². The third kappa shape index (κ3) is 6.51. The number of hydrogen-bond donors (Lipinski definition) is 1. The summed E-state index contributed by atoms with van der Waals surface area (Å²) in [5.74, 6) is 2.33. The van der Waals surface area contributed by atoms with Gasteiger partial charge in [-0.3, -0.25) is 4.79 Å². The predicted molar refractivity (Wildman–Crippen MR) is 156 cm³/mol. The van der Waals surface area contributed by atoms with Crippen LogP contribution in [0.4, 0.5) is 5.69 Å². The van der Waals surface area contributed by atoms with E-state index in [9.17, 15) is 4.79 Å². The molecule has 2 heterocycles. The normalized spacial score (nSPS) is 15.6. The molecule has 1 unspecified atom stereocenters. The van der Waals surface area contributed by atoms with Crippen molar-refractivity contribution < 1.29 is 18.8 Å². The highest BCUT2D eigenvalue weighted by atomic mass is 16.5. The first-order valence-electron chi connectivity index (χ1n) is 13.7. The van der Waals surface area contributed by atoms with Gasteiger partial charge in [0.05, 0.1) is 13.5 Å². The fraction of sp³-hybridized carbons (Fsp3) is 0.344. The molecule has 208 valence electrons. The molecule has 1 aliphatic rings. The predicted octanol–water partition coefficient (Wildman–Crippen LogP) is 6.07.